The summed E-state index contributed by atoms with van der Waals surface area (Å²) in [4.78, 5) is 12.9. The van der Waals surface area contributed by atoms with Gasteiger partial charge >= 0.3 is 0 Å². The van der Waals surface area contributed by atoms with Crippen molar-refractivity contribution in [2.45, 2.75) is 0 Å². The first-order valence-corrected chi connectivity index (χ1v) is 6.64. The molecular formula is C15H15N7. The van der Waals surface area contributed by atoms with Crippen molar-refractivity contribution >= 4 is 23.7 Å². The molecule has 0 spiro atoms. The third-order valence-electron chi connectivity index (χ3n) is 3.09. The Morgan fingerprint density at radius 2 is 2.09 bits per heavy atom. The van der Waals surface area contributed by atoms with Crippen LogP contribution in [0.2, 0.25) is 0 Å². The fourth-order valence-corrected chi connectivity index (χ4v) is 2.02. The number of nitrogens with zero attached hydrogens (tertiary/aromatic N) is 5. The zero-order valence-electron chi connectivity index (χ0n) is 12.1. The zero-order valence-corrected chi connectivity index (χ0v) is 12.1. The maximum Gasteiger partial charge on any atom is 0.228 e. The van der Waals surface area contributed by atoms with E-state index in [-0.39, 0.29) is 0 Å². The second-order valence-corrected chi connectivity index (χ2v) is 4.64. The molecule has 22 heavy (non-hydrogen) atoms. The minimum Gasteiger partial charge on any atom is -0.384 e. The highest BCUT2D eigenvalue weighted by molar-refractivity contribution is 5.67. The van der Waals surface area contributed by atoms with Crippen molar-refractivity contribution < 1.29 is 0 Å². The van der Waals surface area contributed by atoms with Gasteiger partial charge in [0.15, 0.2) is 0 Å². The summed E-state index contributed by atoms with van der Waals surface area (Å²) in [6.45, 7) is 3.71. The quantitative estimate of drug-likeness (QED) is 0.766. The standard InChI is InChI=1S/C15H15N7/c1-3-11-8-10(9-13(16)19-11)12-4-6-17-15(20-12)21-14-5-7-18-22(14)2/h3-9H,1H2,2H3,(H2,16,19)(H,17,20,21). The summed E-state index contributed by atoms with van der Waals surface area (Å²) >= 11 is 0. The molecule has 0 aliphatic heterocycles. The van der Waals surface area contributed by atoms with Crippen LogP contribution in [0.4, 0.5) is 17.6 Å². The van der Waals surface area contributed by atoms with E-state index in [1.807, 2.05) is 25.2 Å². The van der Waals surface area contributed by atoms with Gasteiger partial charge in [0.25, 0.3) is 0 Å². The molecule has 3 aromatic rings. The molecule has 3 N–H and O–H groups in total. The summed E-state index contributed by atoms with van der Waals surface area (Å²) in [6, 6.07) is 7.30. The van der Waals surface area contributed by atoms with E-state index in [0.29, 0.717) is 17.5 Å². The van der Waals surface area contributed by atoms with Gasteiger partial charge in [0.1, 0.15) is 11.6 Å². The van der Waals surface area contributed by atoms with E-state index in [0.717, 1.165) is 17.1 Å². The Hall–Kier alpha value is -3.22. The SMILES string of the molecule is C=Cc1cc(-c2ccnc(Nc3ccnn3C)n2)cc(N)n1. The second kappa shape index (κ2) is 5.65. The predicted molar refractivity (Wildman–Crippen MR) is 86.3 cm³/mol. The Kier molecular flexibility index (Phi) is 3.53. The Morgan fingerprint density at radius 3 is 2.82 bits per heavy atom. The Bertz CT molecular complexity index is 822. The van der Waals surface area contributed by atoms with Gasteiger partial charge in [0.2, 0.25) is 5.95 Å². The first-order chi connectivity index (χ1) is 10.7. The normalized spacial score (nSPS) is 10.4. The van der Waals surface area contributed by atoms with Crippen LogP contribution in [-0.2, 0) is 7.05 Å². The van der Waals surface area contributed by atoms with Crippen molar-refractivity contribution in [3.05, 3.63) is 48.9 Å². The number of hydrogen-bond acceptors (Lipinski definition) is 6. The highest BCUT2D eigenvalue weighted by Gasteiger charge is 2.06. The number of anilines is 3. The van der Waals surface area contributed by atoms with Crippen molar-refractivity contribution in [1.82, 2.24) is 24.7 Å². The molecule has 0 aliphatic carbocycles. The Balaban J connectivity index is 1.96. The molecule has 0 radical (unpaired) electrons. The van der Waals surface area contributed by atoms with Gasteiger partial charge in [-0.25, -0.2) is 15.0 Å². The smallest absolute Gasteiger partial charge is 0.228 e. The molecule has 0 unspecified atom stereocenters. The summed E-state index contributed by atoms with van der Waals surface area (Å²) in [6.07, 6.45) is 5.03. The average Bonchev–Trinajstić information content (AvgIpc) is 2.92. The van der Waals surface area contributed by atoms with E-state index in [4.69, 9.17) is 5.73 Å². The maximum absolute atomic E-state index is 5.81. The monoisotopic (exact) mass is 293 g/mol. The van der Waals surface area contributed by atoms with Crippen LogP contribution in [0.5, 0.6) is 0 Å². The third kappa shape index (κ3) is 2.78. The summed E-state index contributed by atoms with van der Waals surface area (Å²) in [5.74, 6) is 1.71. The van der Waals surface area contributed by atoms with Crippen molar-refractivity contribution in [3.8, 4) is 11.3 Å². The molecule has 0 bridgehead atoms. The number of nitrogens with one attached hydrogen (secondary N) is 1. The molecule has 7 heteroatoms. The summed E-state index contributed by atoms with van der Waals surface area (Å²) in [5, 5.41) is 7.21. The van der Waals surface area contributed by atoms with E-state index < -0.39 is 0 Å². The van der Waals surface area contributed by atoms with Crippen LogP contribution >= 0.6 is 0 Å². The molecule has 3 heterocycles. The number of nitrogen functional groups attached to an aromatic ring is 1. The van der Waals surface area contributed by atoms with Crippen molar-refractivity contribution in [1.29, 1.82) is 0 Å². The molecule has 0 saturated carbocycles. The molecule has 3 rings (SSSR count). The van der Waals surface area contributed by atoms with Crippen LogP contribution in [0.25, 0.3) is 17.3 Å². The Morgan fingerprint density at radius 1 is 1.23 bits per heavy atom. The minimum absolute atomic E-state index is 0.423. The second-order valence-electron chi connectivity index (χ2n) is 4.64. The van der Waals surface area contributed by atoms with Gasteiger partial charge in [-0.1, -0.05) is 6.58 Å². The molecule has 0 aliphatic rings. The van der Waals surface area contributed by atoms with Crippen LogP contribution in [0.15, 0.2) is 43.2 Å². The number of aromatic nitrogens is 5. The van der Waals surface area contributed by atoms with Crippen LogP contribution in [0, 0.1) is 0 Å². The number of nitrogens with two attached hydrogens (primary N) is 1. The largest absolute Gasteiger partial charge is 0.384 e. The van der Waals surface area contributed by atoms with Gasteiger partial charge in [0.05, 0.1) is 17.6 Å². The fourth-order valence-electron chi connectivity index (χ4n) is 2.02. The highest BCUT2D eigenvalue weighted by Crippen LogP contribution is 2.22. The van der Waals surface area contributed by atoms with Gasteiger partial charge < -0.3 is 11.1 Å². The van der Waals surface area contributed by atoms with E-state index in [1.54, 1.807) is 29.2 Å². The number of rotatable bonds is 4. The van der Waals surface area contributed by atoms with Crippen LogP contribution in [0.3, 0.4) is 0 Å². The van der Waals surface area contributed by atoms with Crippen LogP contribution in [-0.4, -0.2) is 24.7 Å². The molecule has 3 aromatic heterocycles. The third-order valence-corrected chi connectivity index (χ3v) is 3.09. The minimum atomic E-state index is 0.423. The summed E-state index contributed by atoms with van der Waals surface area (Å²) < 4.78 is 1.70. The lowest BCUT2D eigenvalue weighted by atomic mass is 10.1. The van der Waals surface area contributed by atoms with Gasteiger partial charge in [-0.3, -0.25) is 4.68 Å². The Labute approximate surface area is 127 Å². The lowest BCUT2D eigenvalue weighted by Gasteiger charge is -2.07. The van der Waals surface area contributed by atoms with Crippen molar-refractivity contribution in [2.75, 3.05) is 11.1 Å². The first-order valence-electron chi connectivity index (χ1n) is 6.64. The molecule has 0 atom stereocenters. The van der Waals surface area contributed by atoms with E-state index in [9.17, 15) is 0 Å². The molecule has 0 amide bonds. The van der Waals surface area contributed by atoms with Gasteiger partial charge in [-0.2, -0.15) is 5.10 Å². The molecule has 0 aromatic carbocycles. The summed E-state index contributed by atoms with van der Waals surface area (Å²) in [5.41, 5.74) is 8.12. The lowest BCUT2D eigenvalue weighted by molar-refractivity contribution is 0.775. The van der Waals surface area contributed by atoms with E-state index in [2.05, 4.69) is 31.9 Å². The van der Waals surface area contributed by atoms with Gasteiger partial charge in [0, 0.05) is 24.9 Å². The van der Waals surface area contributed by atoms with Crippen LogP contribution < -0.4 is 11.1 Å². The van der Waals surface area contributed by atoms with Crippen molar-refractivity contribution in [3.63, 3.8) is 0 Å². The number of aryl methyl sites for hydroxylation is 1. The average molecular weight is 293 g/mol. The maximum atomic E-state index is 5.81. The van der Waals surface area contributed by atoms with Crippen LogP contribution in [0.1, 0.15) is 5.69 Å². The summed E-state index contributed by atoms with van der Waals surface area (Å²) in [7, 11) is 1.84. The van der Waals surface area contributed by atoms with E-state index in [1.165, 1.54) is 0 Å². The topological polar surface area (TPSA) is 94.5 Å². The molecule has 7 nitrogen and oxygen atoms in total. The molecule has 110 valence electrons. The van der Waals surface area contributed by atoms with E-state index >= 15 is 0 Å². The predicted octanol–water partition coefficient (Wildman–Crippen LogP) is 2.24. The molecule has 0 saturated heterocycles. The highest BCUT2D eigenvalue weighted by atomic mass is 15.3. The fraction of sp³-hybridized carbons (Fsp3) is 0.0667. The zero-order chi connectivity index (χ0) is 15.5. The lowest BCUT2D eigenvalue weighted by Crippen LogP contribution is -2.03. The number of pyridine rings is 1. The van der Waals surface area contributed by atoms with Gasteiger partial charge in [-0.05, 0) is 24.3 Å². The van der Waals surface area contributed by atoms with Crippen molar-refractivity contribution in [2.24, 2.45) is 7.05 Å². The van der Waals surface area contributed by atoms with Gasteiger partial charge in [-0.15, -0.1) is 0 Å². The number of hydrogen-bond donors (Lipinski definition) is 2. The first kappa shape index (κ1) is 13.7. The molecular weight excluding hydrogens is 278 g/mol. The molecule has 0 fully saturated rings.